The molecule has 0 atom stereocenters. The lowest BCUT2D eigenvalue weighted by molar-refractivity contribution is 0.0525. The fourth-order valence-corrected chi connectivity index (χ4v) is 2.69. The van der Waals surface area contributed by atoms with E-state index in [2.05, 4.69) is 10.1 Å². The topological polar surface area (TPSA) is 100 Å². The van der Waals surface area contributed by atoms with E-state index in [4.69, 9.17) is 10.00 Å². The highest BCUT2D eigenvalue weighted by Crippen LogP contribution is 2.18. The van der Waals surface area contributed by atoms with Crippen molar-refractivity contribution in [1.82, 2.24) is 9.66 Å². The molecule has 0 saturated carbocycles. The van der Waals surface area contributed by atoms with Crippen LogP contribution < -0.4 is 5.56 Å². The number of nitriles is 1. The molecule has 0 unspecified atom stereocenters. The molecule has 2 aromatic heterocycles. The predicted octanol–water partition coefficient (Wildman–Crippen LogP) is 2.34. The summed E-state index contributed by atoms with van der Waals surface area (Å²) in [7, 11) is 0. The van der Waals surface area contributed by atoms with Crippen LogP contribution in [0.15, 0.2) is 16.0 Å². The number of carbonyl (C=O) groups is 1. The van der Waals surface area contributed by atoms with Gasteiger partial charge < -0.3 is 9.72 Å². The lowest BCUT2D eigenvalue weighted by atomic mass is 10.1. The van der Waals surface area contributed by atoms with Crippen LogP contribution in [0.1, 0.15) is 51.1 Å². The molecule has 2 heterocycles. The molecule has 0 aliphatic carbocycles. The van der Waals surface area contributed by atoms with Gasteiger partial charge in [-0.05, 0) is 51.8 Å². The van der Waals surface area contributed by atoms with E-state index in [1.54, 1.807) is 40.7 Å². The number of nitrogens with one attached hydrogen (secondary N) is 1. The fourth-order valence-electron chi connectivity index (χ4n) is 2.69. The SMILES string of the molecule is CCOC(=O)c1c(C)[nH]c(/C=N/n2c(C)cc(C)c(C#N)c2=O)c1C. The average Bonchev–Trinajstić information content (AvgIpc) is 2.81. The monoisotopic (exact) mass is 340 g/mol. The first-order valence-electron chi connectivity index (χ1n) is 7.85. The molecule has 1 N–H and O–H groups in total. The van der Waals surface area contributed by atoms with Gasteiger partial charge in [0, 0.05) is 11.4 Å². The first-order valence-corrected chi connectivity index (χ1v) is 7.85. The number of esters is 1. The van der Waals surface area contributed by atoms with E-state index >= 15 is 0 Å². The Labute approximate surface area is 145 Å². The number of nitrogens with zero attached hydrogens (tertiary/aromatic N) is 3. The smallest absolute Gasteiger partial charge is 0.340 e. The molecule has 130 valence electrons. The zero-order valence-corrected chi connectivity index (χ0v) is 14.9. The number of pyridine rings is 1. The molecule has 7 heteroatoms. The van der Waals surface area contributed by atoms with E-state index in [1.807, 2.05) is 6.07 Å². The Morgan fingerprint density at radius 2 is 2.08 bits per heavy atom. The van der Waals surface area contributed by atoms with Gasteiger partial charge in [0.2, 0.25) is 0 Å². The Balaban J connectivity index is 2.49. The molecular formula is C18H20N4O3. The standard InChI is InChI=1S/C18H20N4O3/c1-6-25-18(24)16-12(4)15(21-13(16)5)9-20-22-11(3)7-10(2)14(8-19)17(22)23/h7,9,21H,6H2,1-5H3/b20-9+. The van der Waals surface area contributed by atoms with Crippen molar-refractivity contribution in [3.05, 3.63) is 55.8 Å². The van der Waals surface area contributed by atoms with Gasteiger partial charge in [-0.25, -0.2) is 9.47 Å². The summed E-state index contributed by atoms with van der Waals surface area (Å²) in [6.45, 7) is 9.04. The summed E-state index contributed by atoms with van der Waals surface area (Å²) in [5.74, 6) is -0.399. The van der Waals surface area contributed by atoms with E-state index in [9.17, 15) is 9.59 Å². The zero-order chi connectivity index (χ0) is 18.7. The molecule has 2 aromatic rings. The number of hydrogen-bond donors (Lipinski definition) is 1. The summed E-state index contributed by atoms with van der Waals surface area (Å²) in [4.78, 5) is 27.5. The second-order valence-corrected chi connectivity index (χ2v) is 5.70. The predicted molar refractivity (Wildman–Crippen MR) is 94.1 cm³/mol. The second-order valence-electron chi connectivity index (χ2n) is 5.70. The molecule has 0 spiro atoms. The molecule has 0 amide bonds. The number of aromatic amines is 1. The number of rotatable bonds is 4. The number of H-pyrrole nitrogens is 1. The summed E-state index contributed by atoms with van der Waals surface area (Å²) in [5.41, 5.74) is 3.26. The minimum absolute atomic E-state index is 0.0642. The lowest BCUT2D eigenvalue weighted by Crippen LogP contribution is -2.22. The van der Waals surface area contributed by atoms with Crippen molar-refractivity contribution < 1.29 is 9.53 Å². The number of hydrogen-bond acceptors (Lipinski definition) is 5. The van der Waals surface area contributed by atoms with Gasteiger partial charge in [-0.3, -0.25) is 4.79 Å². The van der Waals surface area contributed by atoms with Gasteiger partial charge in [-0.15, -0.1) is 0 Å². The second kappa shape index (κ2) is 7.18. The van der Waals surface area contributed by atoms with Crippen molar-refractivity contribution in [2.24, 2.45) is 5.10 Å². The molecular weight excluding hydrogens is 320 g/mol. The van der Waals surface area contributed by atoms with E-state index in [0.717, 1.165) is 0 Å². The molecule has 0 bridgehead atoms. The van der Waals surface area contributed by atoms with Gasteiger partial charge in [0.25, 0.3) is 5.56 Å². The molecule has 0 aliphatic rings. The Morgan fingerprint density at radius 1 is 1.40 bits per heavy atom. The van der Waals surface area contributed by atoms with Crippen LogP contribution in [0.2, 0.25) is 0 Å². The van der Waals surface area contributed by atoms with Crippen molar-refractivity contribution in [3.63, 3.8) is 0 Å². The highest BCUT2D eigenvalue weighted by atomic mass is 16.5. The summed E-state index contributed by atoms with van der Waals surface area (Å²) in [5, 5.41) is 13.3. The quantitative estimate of drug-likeness (QED) is 0.682. The highest BCUT2D eigenvalue weighted by Gasteiger charge is 2.18. The van der Waals surface area contributed by atoms with Gasteiger partial charge in [0.1, 0.15) is 11.6 Å². The van der Waals surface area contributed by atoms with E-state index < -0.39 is 11.5 Å². The van der Waals surface area contributed by atoms with Crippen molar-refractivity contribution in [2.75, 3.05) is 6.61 Å². The number of ether oxygens (including phenoxy) is 1. The third-order valence-electron chi connectivity index (χ3n) is 3.93. The first-order chi connectivity index (χ1) is 11.8. The Morgan fingerprint density at radius 3 is 2.68 bits per heavy atom. The first kappa shape index (κ1) is 18.2. The van der Waals surface area contributed by atoms with Crippen LogP contribution in [-0.2, 0) is 4.74 Å². The molecule has 7 nitrogen and oxygen atoms in total. The summed E-state index contributed by atoms with van der Waals surface area (Å²) >= 11 is 0. The summed E-state index contributed by atoms with van der Waals surface area (Å²) in [6.07, 6.45) is 1.47. The van der Waals surface area contributed by atoms with Crippen molar-refractivity contribution in [1.29, 1.82) is 5.26 Å². The maximum Gasteiger partial charge on any atom is 0.340 e. The van der Waals surface area contributed by atoms with Crippen LogP contribution in [0, 0.1) is 39.0 Å². The molecule has 0 aliphatic heterocycles. The number of carbonyl (C=O) groups excluding carboxylic acids is 1. The molecule has 0 aromatic carbocycles. The van der Waals surface area contributed by atoms with Crippen LogP contribution in [0.3, 0.4) is 0 Å². The third kappa shape index (κ3) is 3.38. The maximum absolute atomic E-state index is 12.4. The van der Waals surface area contributed by atoms with E-state index in [-0.39, 0.29) is 5.56 Å². The highest BCUT2D eigenvalue weighted by molar-refractivity contribution is 5.96. The molecule has 0 fully saturated rings. The van der Waals surface area contributed by atoms with Gasteiger partial charge in [-0.1, -0.05) is 0 Å². The van der Waals surface area contributed by atoms with Gasteiger partial charge >= 0.3 is 5.97 Å². The van der Waals surface area contributed by atoms with Crippen molar-refractivity contribution in [3.8, 4) is 6.07 Å². The van der Waals surface area contributed by atoms with Crippen LogP contribution in [0.25, 0.3) is 0 Å². The third-order valence-corrected chi connectivity index (χ3v) is 3.93. The van der Waals surface area contributed by atoms with Crippen molar-refractivity contribution in [2.45, 2.75) is 34.6 Å². The molecule has 2 rings (SSSR count). The minimum Gasteiger partial charge on any atom is -0.462 e. The van der Waals surface area contributed by atoms with Crippen LogP contribution >= 0.6 is 0 Å². The number of aryl methyl sites for hydroxylation is 3. The van der Waals surface area contributed by atoms with E-state index in [1.165, 1.54) is 10.9 Å². The van der Waals surface area contributed by atoms with Gasteiger partial charge in [-0.2, -0.15) is 10.4 Å². The minimum atomic E-state index is -0.470. The normalized spacial score (nSPS) is 10.9. The Hall–Kier alpha value is -3.14. The van der Waals surface area contributed by atoms with Gasteiger partial charge in [0.05, 0.1) is 24.1 Å². The van der Waals surface area contributed by atoms with Crippen molar-refractivity contribution >= 4 is 12.2 Å². The summed E-state index contributed by atoms with van der Waals surface area (Å²) < 4.78 is 6.22. The summed E-state index contributed by atoms with van der Waals surface area (Å²) in [6, 6.07) is 3.64. The van der Waals surface area contributed by atoms with E-state index in [0.29, 0.717) is 40.4 Å². The number of aromatic nitrogens is 2. The Kier molecular flexibility index (Phi) is 5.22. The van der Waals surface area contributed by atoms with Crippen LogP contribution in [0.4, 0.5) is 0 Å². The van der Waals surface area contributed by atoms with Gasteiger partial charge in [0.15, 0.2) is 0 Å². The van der Waals surface area contributed by atoms with Crippen LogP contribution in [-0.4, -0.2) is 28.5 Å². The van der Waals surface area contributed by atoms with Crippen LogP contribution in [0.5, 0.6) is 0 Å². The zero-order valence-electron chi connectivity index (χ0n) is 14.9. The average molecular weight is 340 g/mol. The molecule has 0 saturated heterocycles. The fraction of sp³-hybridized carbons (Fsp3) is 0.333. The Bertz CT molecular complexity index is 958. The largest absolute Gasteiger partial charge is 0.462 e. The lowest BCUT2D eigenvalue weighted by Gasteiger charge is -2.06. The molecule has 0 radical (unpaired) electrons. The molecule has 25 heavy (non-hydrogen) atoms. The maximum atomic E-state index is 12.4.